The summed E-state index contributed by atoms with van der Waals surface area (Å²) < 4.78 is 7.09. The van der Waals surface area contributed by atoms with Gasteiger partial charge in [0.2, 0.25) is 5.91 Å². The third-order valence-electron chi connectivity index (χ3n) is 7.08. The number of anilines is 3. The van der Waals surface area contributed by atoms with Gasteiger partial charge in [0.15, 0.2) is 5.82 Å². The molecule has 8 heteroatoms. The average Bonchev–Trinajstić information content (AvgIpc) is 3.63. The number of rotatable bonds is 8. The van der Waals surface area contributed by atoms with E-state index in [4.69, 9.17) is 9.72 Å². The summed E-state index contributed by atoms with van der Waals surface area (Å²) in [6.07, 6.45) is 5.75. The second-order valence-corrected chi connectivity index (χ2v) is 11.6. The second-order valence-electron chi connectivity index (χ2n) is 11.6. The molecule has 1 aliphatic rings. The lowest BCUT2D eigenvalue weighted by Gasteiger charge is -2.20. The Hall–Kier alpha value is -4.72. The Bertz CT molecular complexity index is 1580. The van der Waals surface area contributed by atoms with Gasteiger partial charge in [0, 0.05) is 23.2 Å². The van der Waals surface area contributed by atoms with E-state index >= 15 is 0 Å². The number of pyridine rings is 1. The zero-order valence-corrected chi connectivity index (χ0v) is 24.4. The number of hydrogen-bond acceptors (Lipinski definition) is 6. The van der Waals surface area contributed by atoms with Crippen LogP contribution in [0.15, 0.2) is 85.5 Å². The predicted molar refractivity (Wildman–Crippen MR) is 166 cm³/mol. The summed E-state index contributed by atoms with van der Waals surface area (Å²) >= 11 is 0. The van der Waals surface area contributed by atoms with Crippen LogP contribution in [-0.2, 0) is 16.0 Å². The maximum absolute atomic E-state index is 13.1. The summed E-state index contributed by atoms with van der Waals surface area (Å²) in [5.41, 5.74) is 4.69. The molecule has 0 saturated heterocycles. The summed E-state index contributed by atoms with van der Waals surface area (Å²) in [6.45, 7) is 9.09. The van der Waals surface area contributed by atoms with Gasteiger partial charge in [0.1, 0.15) is 11.4 Å². The van der Waals surface area contributed by atoms with Crippen molar-refractivity contribution in [3.63, 3.8) is 0 Å². The molecular formula is C34H37N5O3. The van der Waals surface area contributed by atoms with Crippen LogP contribution in [0, 0.1) is 0 Å². The number of amides is 1. The first-order chi connectivity index (χ1) is 20.2. The minimum absolute atomic E-state index is 0.252. The van der Waals surface area contributed by atoms with Gasteiger partial charge in [-0.2, -0.15) is 4.68 Å². The van der Waals surface area contributed by atoms with Crippen molar-refractivity contribution < 1.29 is 14.3 Å². The van der Waals surface area contributed by atoms with Gasteiger partial charge < -0.3 is 15.4 Å². The molecule has 0 atom stereocenters. The zero-order chi connectivity index (χ0) is 29.7. The summed E-state index contributed by atoms with van der Waals surface area (Å²) in [6, 6.07) is 23.8. The van der Waals surface area contributed by atoms with Gasteiger partial charge >= 0.3 is 6.09 Å². The quantitative estimate of drug-likeness (QED) is 0.212. The SMILES string of the molecule is C=CC(=O)Nc1cccc(-c2cc(Cc3ccccc3)cc(Nc3cc(C4CCCC4)n(C(=O)OC(C)(C)C)n3)n2)c1. The van der Waals surface area contributed by atoms with Crippen LogP contribution in [-0.4, -0.2) is 32.4 Å². The van der Waals surface area contributed by atoms with Crippen molar-refractivity contribution in [2.75, 3.05) is 10.6 Å². The van der Waals surface area contributed by atoms with Gasteiger partial charge in [0.05, 0.1) is 11.4 Å². The second kappa shape index (κ2) is 12.4. The van der Waals surface area contributed by atoms with Crippen LogP contribution in [0.25, 0.3) is 11.3 Å². The summed E-state index contributed by atoms with van der Waals surface area (Å²) in [7, 11) is 0. The van der Waals surface area contributed by atoms with Gasteiger partial charge in [-0.25, -0.2) is 9.78 Å². The topological polar surface area (TPSA) is 98.1 Å². The first-order valence-corrected chi connectivity index (χ1v) is 14.4. The van der Waals surface area contributed by atoms with Crippen LogP contribution in [0.2, 0.25) is 0 Å². The van der Waals surface area contributed by atoms with E-state index in [0.29, 0.717) is 23.7 Å². The number of nitrogens with one attached hydrogen (secondary N) is 2. The Balaban J connectivity index is 1.51. The van der Waals surface area contributed by atoms with Crippen molar-refractivity contribution in [1.29, 1.82) is 0 Å². The summed E-state index contributed by atoms with van der Waals surface area (Å²) in [4.78, 5) is 29.9. The molecule has 0 spiro atoms. The molecule has 1 saturated carbocycles. The summed E-state index contributed by atoms with van der Waals surface area (Å²) in [5.74, 6) is 1.11. The molecule has 0 aliphatic heterocycles. The minimum atomic E-state index is -0.633. The van der Waals surface area contributed by atoms with E-state index in [9.17, 15) is 9.59 Å². The number of hydrogen-bond donors (Lipinski definition) is 2. The maximum Gasteiger partial charge on any atom is 0.435 e. The molecule has 4 aromatic rings. The Labute approximate surface area is 246 Å². The molecule has 1 amide bonds. The van der Waals surface area contributed by atoms with Crippen LogP contribution < -0.4 is 10.6 Å². The average molecular weight is 564 g/mol. The van der Waals surface area contributed by atoms with E-state index in [1.807, 2.05) is 75.4 Å². The number of ether oxygens (including phenoxy) is 1. The lowest BCUT2D eigenvalue weighted by molar-refractivity contribution is -0.111. The molecule has 2 aromatic carbocycles. The Morgan fingerprint density at radius 3 is 2.45 bits per heavy atom. The van der Waals surface area contributed by atoms with Gasteiger partial charge in [-0.05, 0) is 81.5 Å². The molecule has 2 N–H and O–H groups in total. The van der Waals surface area contributed by atoms with E-state index < -0.39 is 11.7 Å². The Morgan fingerprint density at radius 2 is 1.74 bits per heavy atom. The number of nitrogens with zero attached hydrogens (tertiary/aromatic N) is 3. The molecule has 2 heterocycles. The molecule has 0 radical (unpaired) electrons. The van der Waals surface area contributed by atoms with E-state index in [-0.39, 0.29) is 11.8 Å². The minimum Gasteiger partial charge on any atom is -0.442 e. The lowest BCUT2D eigenvalue weighted by atomic mass is 10.0. The van der Waals surface area contributed by atoms with E-state index in [1.165, 1.54) is 16.3 Å². The Morgan fingerprint density at radius 1 is 0.976 bits per heavy atom. The van der Waals surface area contributed by atoms with E-state index in [0.717, 1.165) is 48.2 Å². The normalized spacial score (nSPS) is 13.5. The summed E-state index contributed by atoms with van der Waals surface area (Å²) in [5, 5.41) is 10.8. The highest BCUT2D eigenvalue weighted by atomic mass is 16.6. The van der Waals surface area contributed by atoms with Crippen LogP contribution in [0.3, 0.4) is 0 Å². The monoisotopic (exact) mass is 563 g/mol. The zero-order valence-electron chi connectivity index (χ0n) is 24.4. The van der Waals surface area contributed by atoms with Gasteiger partial charge in [-0.15, -0.1) is 5.10 Å². The van der Waals surface area contributed by atoms with Crippen molar-refractivity contribution in [3.8, 4) is 11.3 Å². The van der Waals surface area contributed by atoms with Gasteiger partial charge in [-0.1, -0.05) is 61.9 Å². The first kappa shape index (κ1) is 28.8. The molecule has 216 valence electrons. The molecule has 0 unspecified atom stereocenters. The molecular weight excluding hydrogens is 526 g/mol. The van der Waals surface area contributed by atoms with Crippen molar-refractivity contribution in [2.45, 2.75) is 64.4 Å². The molecule has 1 fully saturated rings. The molecule has 2 aromatic heterocycles. The standard InChI is InChI=1S/C34H37N5O3/c1-5-32(40)35-27-17-11-16-26(21-27)28-19-24(18-23-12-7-6-8-13-23)20-30(36-28)37-31-22-29(25-14-9-10-15-25)39(38-31)33(41)42-34(2,3)4/h5-8,11-13,16-17,19-22,25H,1,9-10,14-15,18H2,2-4H3,(H,35,40)(H,36,37,38). The molecule has 5 rings (SSSR count). The first-order valence-electron chi connectivity index (χ1n) is 14.4. The smallest absolute Gasteiger partial charge is 0.435 e. The highest BCUT2D eigenvalue weighted by molar-refractivity contribution is 5.99. The van der Waals surface area contributed by atoms with Crippen molar-refractivity contribution in [2.24, 2.45) is 0 Å². The highest BCUT2D eigenvalue weighted by Crippen LogP contribution is 2.36. The fourth-order valence-electron chi connectivity index (χ4n) is 5.23. The van der Waals surface area contributed by atoms with Crippen molar-refractivity contribution in [3.05, 3.63) is 102 Å². The van der Waals surface area contributed by atoms with Crippen LogP contribution in [0.1, 0.15) is 69.2 Å². The maximum atomic E-state index is 13.1. The lowest BCUT2D eigenvalue weighted by Crippen LogP contribution is -2.29. The van der Waals surface area contributed by atoms with Crippen molar-refractivity contribution >= 4 is 29.3 Å². The number of aromatic nitrogens is 3. The fraction of sp³-hybridized carbons (Fsp3) is 0.294. The van der Waals surface area contributed by atoms with Crippen LogP contribution in [0.4, 0.5) is 22.1 Å². The van der Waals surface area contributed by atoms with E-state index in [2.05, 4.69) is 40.5 Å². The number of carbonyl (C=O) groups is 2. The molecule has 1 aliphatic carbocycles. The highest BCUT2D eigenvalue weighted by Gasteiger charge is 2.28. The number of benzene rings is 2. The largest absolute Gasteiger partial charge is 0.442 e. The third kappa shape index (κ3) is 7.32. The van der Waals surface area contributed by atoms with Gasteiger partial charge in [-0.3, -0.25) is 4.79 Å². The predicted octanol–water partition coefficient (Wildman–Crippen LogP) is 7.84. The van der Waals surface area contributed by atoms with Crippen LogP contribution >= 0.6 is 0 Å². The number of carbonyl (C=O) groups excluding carboxylic acids is 2. The third-order valence-corrected chi connectivity index (χ3v) is 7.08. The molecule has 8 nitrogen and oxygen atoms in total. The van der Waals surface area contributed by atoms with Crippen LogP contribution in [0.5, 0.6) is 0 Å². The molecule has 0 bridgehead atoms. The Kier molecular flexibility index (Phi) is 8.52. The molecule has 42 heavy (non-hydrogen) atoms. The van der Waals surface area contributed by atoms with Gasteiger partial charge in [0.25, 0.3) is 0 Å². The van der Waals surface area contributed by atoms with E-state index in [1.54, 1.807) is 0 Å². The van der Waals surface area contributed by atoms with Crippen molar-refractivity contribution in [1.82, 2.24) is 14.8 Å². The fourth-order valence-corrected chi connectivity index (χ4v) is 5.23.